The van der Waals surface area contributed by atoms with Crippen LogP contribution < -0.4 is 0 Å². The molecule has 2 heteroatoms. The van der Waals surface area contributed by atoms with E-state index >= 15 is 0 Å². The first-order valence-corrected chi connectivity index (χ1v) is 6.80. The molecule has 2 nitrogen and oxygen atoms in total. The van der Waals surface area contributed by atoms with E-state index in [4.69, 9.17) is 4.74 Å². The van der Waals surface area contributed by atoms with Gasteiger partial charge in [0.25, 0.3) is 0 Å². The van der Waals surface area contributed by atoms with Gasteiger partial charge in [0, 0.05) is 0 Å². The van der Waals surface area contributed by atoms with Gasteiger partial charge in [0.2, 0.25) is 0 Å². The summed E-state index contributed by atoms with van der Waals surface area (Å²) in [5.74, 6) is 0.349. The Morgan fingerprint density at radius 1 is 1.11 bits per heavy atom. The van der Waals surface area contributed by atoms with Gasteiger partial charge in [-0.15, -0.1) is 0 Å². The highest BCUT2D eigenvalue weighted by Gasteiger charge is 2.20. The van der Waals surface area contributed by atoms with Crippen LogP contribution in [-0.4, -0.2) is 11.7 Å². The molecule has 0 saturated carbocycles. The lowest BCUT2D eigenvalue weighted by Crippen LogP contribution is -2.16. The number of benzene rings is 2. The third-order valence-corrected chi connectivity index (χ3v) is 3.70. The fourth-order valence-electron chi connectivity index (χ4n) is 2.70. The molecule has 1 heterocycles. The van der Waals surface area contributed by atoms with Gasteiger partial charge < -0.3 is 9.84 Å². The second-order valence-corrected chi connectivity index (χ2v) is 5.02. The number of phenols is 1. The average molecular weight is 254 g/mol. The van der Waals surface area contributed by atoms with Crippen LogP contribution in [0.1, 0.15) is 29.2 Å². The summed E-state index contributed by atoms with van der Waals surface area (Å²) >= 11 is 0. The Bertz CT molecular complexity index is 548. The molecule has 0 spiro atoms. The van der Waals surface area contributed by atoms with Gasteiger partial charge in [-0.25, -0.2) is 0 Å². The molecule has 0 aromatic heterocycles. The van der Waals surface area contributed by atoms with E-state index in [1.54, 1.807) is 6.07 Å². The van der Waals surface area contributed by atoms with E-state index in [-0.39, 0.29) is 6.10 Å². The molecule has 0 saturated heterocycles. The minimum absolute atomic E-state index is 0.157. The van der Waals surface area contributed by atoms with Crippen molar-refractivity contribution in [1.29, 1.82) is 0 Å². The van der Waals surface area contributed by atoms with E-state index in [0.717, 1.165) is 25.9 Å². The summed E-state index contributed by atoms with van der Waals surface area (Å²) in [5.41, 5.74) is 3.81. The number of phenolic OH excluding ortho intramolecular Hbond substituents is 1. The Kier molecular flexibility index (Phi) is 3.51. The van der Waals surface area contributed by atoms with Crippen molar-refractivity contribution in [3.63, 3.8) is 0 Å². The van der Waals surface area contributed by atoms with Crippen molar-refractivity contribution < 1.29 is 9.84 Å². The van der Waals surface area contributed by atoms with Gasteiger partial charge >= 0.3 is 0 Å². The lowest BCUT2D eigenvalue weighted by molar-refractivity contribution is 0.0367. The van der Waals surface area contributed by atoms with Gasteiger partial charge in [0.1, 0.15) is 5.75 Å². The molecular weight excluding hydrogens is 236 g/mol. The summed E-state index contributed by atoms with van der Waals surface area (Å²) in [7, 11) is 0. The van der Waals surface area contributed by atoms with Gasteiger partial charge in [0.15, 0.2) is 0 Å². The van der Waals surface area contributed by atoms with Gasteiger partial charge in [-0.1, -0.05) is 36.4 Å². The average Bonchev–Trinajstić information content (AvgIpc) is 2.45. The van der Waals surface area contributed by atoms with Crippen LogP contribution in [0.4, 0.5) is 0 Å². The van der Waals surface area contributed by atoms with Crippen molar-refractivity contribution in [1.82, 2.24) is 0 Å². The normalized spacial score (nSPS) is 18.0. The number of aromatic hydroxyl groups is 1. The van der Waals surface area contributed by atoms with E-state index in [0.29, 0.717) is 5.75 Å². The van der Waals surface area contributed by atoms with Crippen LogP contribution in [0, 0.1) is 0 Å². The lowest BCUT2D eigenvalue weighted by Gasteiger charge is -2.26. The third-order valence-electron chi connectivity index (χ3n) is 3.70. The largest absolute Gasteiger partial charge is 0.508 e. The highest BCUT2D eigenvalue weighted by atomic mass is 16.5. The topological polar surface area (TPSA) is 29.5 Å². The zero-order chi connectivity index (χ0) is 13.1. The van der Waals surface area contributed by atoms with Gasteiger partial charge in [0.05, 0.1) is 12.7 Å². The van der Waals surface area contributed by atoms with E-state index in [9.17, 15) is 5.11 Å². The Hall–Kier alpha value is -1.80. The summed E-state index contributed by atoms with van der Waals surface area (Å²) in [6, 6.07) is 16.1. The van der Waals surface area contributed by atoms with Crippen molar-refractivity contribution in [3.8, 4) is 5.75 Å². The Morgan fingerprint density at radius 2 is 1.95 bits per heavy atom. The second-order valence-electron chi connectivity index (χ2n) is 5.02. The molecular formula is C17H18O2. The zero-order valence-corrected chi connectivity index (χ0v) is 10.9. The van der Waals surface area contributed by atoms with Crippen molar-refractivity contribution >= 4 is 0 Å². The van der Waals surface area contributed by atoms with Crippen molar-refractivity contribution in [2.24, 2.45) is 0 Å². The molecule has 1 N–H and O–H groups in total. The Balaban J connectivity index is 1.73. The maximum Gasteiger partial charge on any atom is 0.115 e. The third kappa shape index (κ3) is 2.79. The fourth-order valence-corrected chi connectivity index (χ4v) is 2.70. The number of aryl methyl sites for hydroxylation is 1. The molecule has 0 unspecified atom stereocenters. The summed E-state index contributed by atoms with van der Waals surface area (Å²) in [5, 5.41) is 9.54. The number of hydrogen-bond acceptors (Lipinski definition) is 2. The van der Waals surface area contributed by atoms with Crippen molar-refractivity contribution in [2.75, 3.05) is 6.61 Å². The van der Waals surface area contributed by atoms with Gasteiger partial charge in [-0.3, -0.25) is 0 Å². The highest BCUT2D eigenvalue weighted by molar-refractivity contribution is 5.37. The quantitative estimate of drug-likeness (QED) is 0.906. The van der Waals surface area contributed by atoms with Gasteiger partial charge in [-0.2, -0.15) is 0 Å². The van der Waals surface area contributed by atoms with Crippen molar-refractivity contribution in [2.45, 2.75) is 25.4 Å². The number of rotatable bonds is 3. The standard InChI is InChI=1S/C17H18O2/c18-15-7-8-16-14(12-15)10-11-19-17(16)9-6-13-4-2-1-3-5-13/h1-5,7-8,12,17-18H,6,9-11H2/t17-/m0/s1. The van der Waals surface area contributed by atoms with Gasteiger partial charge in [-0.05, 0) is 48.1 Å². The van der Waals surface area contributed by atoms with E-state index < -0.39 is 0 Å². The Labute approximate surface area is 113 Å². The molecule has 0 amide bonds. The predicted octanol–water partition coefficient (Wildman–Crippen LogP) is 3.64. The smallest absolute Gasteiger partial charge is 0.115 e. The van der Waals surface area contributed by atoms with Crippen LogP contribution in [0.3, 0.4) is 0 Å². The molecule has 0 radical (unpaired) electrons. The highest BCUT2D eigenvalue weighted by Crippen LogP contribution is 2.32. The van der Waals surface area contributed by atoms with Crippen LogP contribution in [0.2, 0.25) is 0 Å². The first kappa shape index (κ1) is 12.2. The fraction of sp³-hybridized carbons (Fsp3) is 0.294. The molecule has 98 valence electrons. The Morgan fingerprint density at radius 3 is 2.79 bits per heavy atom. The molecule has 1 aliphatic rings. The summed E-state index contributed by atoms with van der Waals surface area (Å²) in [4.78, 5) is 0. The maximum atomic E-state index is 9.54. The van der Waals surface area contributed by atoms with E-state index in [1.807, 2.05) is 18.2 Å². The molecule has 1 atom stereocenters. The molecule has 0 aliphatic carbocycles. The van der Waals surface area contributed by atoms with Crippen LogP contribution in [0.25, 0.3) is 0 Å². The molecule has 3 rings (SSSR count). The number of fused-ring (bicyclic) bond motifs is 1. The first-order chi connectivity index (χ1) is 9.33. The van der Waals surface area contributed by atoms with Crippen LogP contribution >= 0.6 is 0 Å². The monoisotopic (exact) mass is 254 g/mol. The minimum atomic E-state index is 0.157. The lowest BCUT2D eigenvalue weighted by atomic mass is 9.93. The number of ether oxygens (including phenoxy) is 1. The molecule has 2 aromatic carbocycles. The first-order valence-electron chi connectivity index (χ1n) is 6.80. The molecule has 1 aliphatic heterocycles. The number of hydrogen-bond donors (Lipinski definition) is 1. The second kappa shape index (κ2) is 5.45. The molecule has 0 fully saturated rings. The molecule has 19 heavy (non-hydrogen) atoms. The van der Waals surface area contributed by atoms with E-state index in [2.05, 4.69) is 24.3 Å². The van der Waals surface area contributed by atoms with E-state index in [1.165, 1.54) is 16.7 Å². The maximum absolute atomic E-state index is 9.54. The molecule has 2 aromatic rings. The van der Waals surface area contributed by atoms with Crippen LogP contribution in [0.5, 0.6) is 5.75 Å². The summed E-state index contributed by atoms with van der Waals surface area (Å²) in [6.45, 7) is 0.746. The predicted molar refractivity (Wildman–Crippen MR) is 75.3 cm³/mol. The minimum Gasteiger partial charge on any atom is -0.508 e. The van der Waals surface area contributed by atoms with Crippen LogP contribution in [0.15, 0.2) is 48.5 Å². The molecule has 0 bridgehead atoms. The van der Waals surface area contributed by atoms with Crippen LogP contribution in [-0.2, 0) is 17.6 Å². The zero-order valence-electron chi connectivity index (χ0n) is 10.9. The van der Waals surface area contributed by atoms with Crippen molar-refractivity contribution in [3.05, 3.63) is 65.2 Å². The summed E-state index contributed by atoms with van der Waals surface area (Å²) in [6.07, 6.45) is 3.06. The SMILES string of the molecule is Oc1ccc2c(c1)CCO[C@H]2CCc1ccccc1. The summed E-state index contributed by atoms with van der Waals surface area (Å²) < 4.78 is 5.88.